The average Bonchev–Trinajstić information content (AvgIpc) is 2.36. The summed E-state index contributed by atoms with van der Waals surface area (Å²) >= 11 is 0. The lowest BCUT2D eigenvalue weighted by Gasteiger charge is -2.19. The third-order valence-corrected chi connectivity index (χ3v) is 3.30. The zero-order chi connectivity index (χ0) is 15.1. The SMILES string of the molecule is Cc1ccc(C)c(OCC(O)CNC(C)CC(C)C)c1. The van der Waals surface area contributed by atoms with Gasteiger partial charge in [-0.25, -0.2) is 0 Å². The Balaban J connectivity index is 2.32. The van der Waals surface area contributed by atoms with Crippen molar-refractivity contribution in [2.24, 2.45) is 5.92 Å². The van der Waals surface area contributed by atoms with Gasteiger partial charge in [0.25, 0.3) is 0 Å². The molecule has 0 spiro atoms. The number of benzene rings is 1. The second-order valence-electron chi connectivity index (χ2n) is 6.17. The number of ether oxygens (including phenoxy) is 1. The minimum atomic E-state index is -0.482. The van der Waals surface area contributed by atoms with Gasteiger partial charge in [0.15, 0.2) is 0 Å². The quantitative estimate of drug-likeness (QED) is 0.768. The summed E-state index contributed by atoms with van der Waals surface area (Å²) in [6, 6.07) is 6.54. The van der Waals surface area contributed by atoms with Gasteiger partial charge < -0.3 is 15.2 Å². The first kappa shape index (κ1) is 17.0. The van der Waals surface area contributed by atoms with Gasteiger partial charge >= 0.3 is 0 Å². The predicted molar refractivity (Wildman–Crippen MR) is 84.3 cm³/mol. The number of aliphatic hydroxyl groups excluding tert-OH is 1. The van der Waals surface area contributed by atoms with Gasteiger partial charge in [0.05, 0.1) is 0 Å². The van der Waals surface area contributed by atoms with Gasteiger partial charge in [-0.2, -0.15) is 0 Å². The molecule has 0 radical (unpaired) electrons. The summed E-state index contributed by atoms with van der Waals surface area (Å²) in [7, 11) is 0. The molecule has 0 aromatic heterocycles. The summed E-state index contributed by atoms with van der Waals surface area (Å²) in [4.78, 5) is 0. The van der Waals surface area contributed by atoms with Crippen molar-refractivity contribution < 1.29 is 9.84 Å². The third kappa shape index (κ3) is 6.40. The van der Waals surface area contributed by atoms with Crippen LogP contribution < -0.4 is 10.1 Å². The van der Waals surface area contributed by atoms with E-state index in [0.29, 0.717) is 25.1 Å². The summed E-state index contributed by atoms with van der Waals surface area (Å²) in [5.74, 6) is 1.53. The Morgan fingerprint density at radius 3 is 2.55 bits per heavy atom. The Hall–Kier alpha value is -1.06. The van der Waals surface area contributed by atoms with Crippen LogP contribution in [-0.2, 0) is 0 Å². The molecule has 1 aromatic carbocycles. The number of hydrogen-bond acceptors (Lipinski definition) is 3. The largest absolute Gasteiger partial charge is 0.491 e. The summed E-state index contributed by atoms with van der Waals surface area (Å²) in [6.07, 6.45) is 0.634. The molecule has 114 valence electrons. The van der Waals surface area contributed by atoms with E-state index in [2.05, 4.69) is 32.2 Å². The van der Waals surface area contributed by atoms with E-state index in [1.807, 2.05) is 26.0 Å². The van der Waals surface area contributed by atoms with E-state index < -0.39 is 6.10 Å². The van der Waals surface area contributed by atoms with E-state index in [4.69, 9.17) is 4.74 Å². The predicted octanol–water partition coefficient (Wildman–Crippen LogP) is 3.07. The van der Waals surface area contributed by atoms with Crippen LogP contribution in [0.25, 0.3) is 0 Å². The fourth-order valence-corrected chi connectivity index (χ4v) is 2.24. The Morgan fingerprint density at radius 2 is 1.90 bits per heavy atom. The molecule has 0 aliphatic carbocycles. The second-order valence-corrected chi connectivity index (χ2v) is 6.17. The second kappa shape index (κ2) is 8.28. The van der Waals surface area contributed by atoms with Crippen LogP contribution in [0.1, 0.15) is 38.3 Å². The average molecular weight is 279 g/mol. The van der Waals surface area contributed by atoms with Crippen LogP contribution in [0.2, 0.25) is 0 Å². The molecule has 1 aromatic rings. The molecule has 0 amide bonds. The molecule has 2 atom stereocenters. The van der Waals surface area contributed by atoms with Crippen LogP contribution in [0, 0.1) is 19.8 Å². The third-order valence-electron chi connectivity index (χ3n) is 3.30. The van der Waals surface area contributed by atoms with Gasteiger partial charge in [-0.3, -0.25) is 0 Å². The lowest BCUT2D eigenvalue weighted by Crippen LogP contribution is -2.37. The molecule has 1 rings (SSSR count). The molecule has 0 saturated carbocycles. The van der Waals surface area contributed by atoms with Gasteiger partial charge in [0, 0.05) is 12.6 Å². The standard InChI is InChI=1S/C17H29NO2/c1-12(2)8-15(5)18-10-16(19)11-20-17-9-13(3)6-7-14(17)4/h6-7,9,12,15-16,18-19H,8,10-11H2,1-5H3. The smallest absolute Gasteiger partial charge is 0.122 e. The highest BCUT2D eigenvalue weighted by atomic mass is 16.5. The Labute approximate surface area is 123 Å². The monoisotopic (exact) mass is 279 g/mol. The number of rotatable bonds is 8. The molecule has 2 unspecified atom stereocenters. The minimum Gasteiger partial charge on any atom is -0.491 e. The number of nitrogens with one attached hydrogen (secondary N) is 1. The van der Waals surface area contributed by atoms with Gasteiger partial charge in [-0.1, -0.05) is 26.0 Å². The molecular weight excluding hydrogens is 250 g/mol. The first-order valence-corrected chi connectivity index (χ1v) is 7.50. The maximum Gasteiger partial charge on any atom is 0.122 e. The van der Waals surface area contributed by atoms with E-state index in [9.17, 15) is 5.11 Å². The Kier molecular flexibility index (Phi) is 7.03. The zero-order valence-corrected chi connectivity index (χ0v) is 13.4. The number of aliphatic hydroxyl groups is 1. The topological polar surface area (TPSA) is 41.5 Å². The Bertz CT molecular complexity index is 404. The molecule has 3 nitrogen and oxygen atoms in total. The molecule has 0 aliphatic heterocycles. The highest BCUT2D eigenvalue weighted by molar-refractivity contribution is 5.35. The molecule has 0 heterocycles. The zero-order valence-electron chi connectivity index (χ0n) is 13.4. The maximum atomic E-state index is 9.97. The van der Waals surface area contributed by atoms with Crippen molar-refractivity contribution in [1.82, 2.24) is 5.32 Å². The molecule has 3 heteroatoms. The molecule has 2 N–H and O–H groups in total. The lowest BCUT2D eigenvalue weighted by molar-refractivity contribution is 0.103. The van der Waals surface area contributed by atoms with Gasteiger partial charge in [0.2, 0.25) is 0 Å². The lowest BCUT2D eigenvalue weighted by atomic mass is 10.1. The van der Waals surface area contributed by atoms with Gasteiger partial charge in [-0.05, 0) is 50.3 Å². The van der Waals surface area contributed by atoms with Crippen molar-refractivity contribution in [1.29, 1.82) is 0 Å². The molecule has 0 bridgehead atoms. The molecular formula is C17H29NO2. The Morgan fingerprint density at radius 1 is 1.20 bits per heavy atom. The highest BCUT2D eigenvalue weighted by Gasteiger charge is 2.10. The summed E-state index contributed by atoms with van der Waals surface area (Å²) < 4.78 is 5.70. The summed E-state index contributed by atoms with van der Waals surface area (Å²) in [5, 5.41) is 13.3. The molecule has 20 heavy (non-hydrogen) atoms. The van der Waals surface area contributed by atoms with Crippen LogP contribution in [0.5, 0.6) is 5.75 Å². The van der Waals surface area contributed by atoms with Crippen molar-refractivity contribution in [3.8, 4) is 5.75 Å². The fourth-order valence-electron chi connectivity index (χ4n) is 2.24. The van der Waals surface area contributed by atoms with Crippen molar-refractivity contribution in [3.05, 3.63) is 29.3 Å². The van der Waals surface area contributed by atoms with Crippen molar-refractivity contribution in [3.63, 3.8) is 0 Å². The molecule has 0 fully saturated rings. The van der Waals surface area contributed by atoms with E-state index in [-0.39, 0.29) is 0 Å². The summed E-state index contributed by atoms with van der Waals surface area (Å²) in [5.41, 5.74) is 2.27. The maximum absolute atomic E-state index is 9.97. The summed E-state index contributed by atoms with van der Waals surface area (Å²) in [6.45, 7) is 11.5. The van der Waals surface area contributed by atoms with Gasteiger partial charge in [0.1, 0.15) is 18.5 Å². The van der Waals surface area contributed by atoms with Crippen molar-refractivity contribution in [2.45, 2.75) is 53.2 Å². The van der Waals surface area contributed by atoms with E-state index in [0.717, 1.165) is 17.7 Å². The van der Waals surface area contributed by atoms with E-state index in [1.54, 1.807) is 0 Å². The van der Waals surface area contributed by atoms with Crippen LogP contribution >= 0.6 is 0 Å². The number of hydrogen-bond donors (Lipinski definition) is 2. The van der Waals surface area contributed by atoms with E-state index >= 15 is 0 Å². The van der Waals surface area contributed by atoms with Crippen LogP contribution in [0.15, 0.2) is 18.2 Å². The first-order valence-electron chi connectivity index (χ1n) is 7.50. The van der Waals surface area contributed by atoms with Crippen LogP contribution in [0.4, 0.5) is 0 Å². The van der Waals surface area contributed by atoms with Crippen LogP contribution in [-0.4, -0.2) is 30.4 Å². The molecule has 0 aliphatic rings. The minimum absolute atomic E-state index is 0.325. The first-order chi connectivity index (χ1) is 9.38. The normalized spacial score (nSPS) is 14.3. The molecule has 0 saturated heterocycles. The van der Waals surface area contributed by atoms with Crippen molar-refractivity contribution >= 4 is 0 Å². The van der Waals surface area contributed by atoms with E-state index in [1.165, 1.54) is 5.56 Å². The number of aryl methyl sites for hydroxylation is 2. The fraction of sp³-hybridized carbons (Fsp3) is 0.647. The van der Waals surface area contributed by atoms with Crippen LogP contribution in [0.3, 0.4) is 0 Å². The van der Waals surface area contributed by atoms with Crippen molar-refractivity contribution in [2.75, 3.05) is 13.2 Å². The highest BCUT2D eigenvalue weighted by Crippen LogP contribution is 2.19. The van der Waals surface area contributed by atoms with Gasteiger partial charge in [-0.15, -0.1) is 0 Å².